The SMILES string of the molecule is CC/C=C\C/C=C\C/C=C\C/C=C\C/C=C\C/C=C\C/C=C\CCCC(=O)OCC(COC(=O)CCCCCCCCCCCCCC)OC(=O)CCCCCCC/C=C\CCCCCC. The molecule has 0 radical (unpaired) electrons. The van der Waals surface area contributed by atoms with Gasteiger partial charge in [-0.3, -0.25) is 14.4 Å². The van der Waals surface area contributed by atoms with Gasteiger partial charge in [-0.05, 0) is 96.3 Å². The van der Waals surface area contributed by atoms with Crippen LogP contribution in [0.3, 0.4) is 0 Å². The Hall–Kier alpha value is -3.67. The highest BCUT2D eigenvalue weighted by atomic mass is 16.6. The fourth-order valence-corrected chi connectivity index (χ4v) is 7.25. The molecule has 0 heterocycles. The molecule has 0 aromatic carbocycles. The van der Waals surface area contributed by atoms with E-state index in [0.29, 0.717) is 19.3 Å². The zero-order chi connectivity index (χ0) is 47.9. The summed E-state index contributed by atoms with van der Waals surface area (Å²) >= 11 is 0. The molecule has 0 rings (SSSR count). The lowest BCUT2D eigenvalue weighted by atomic mass is 10.0. The number of hydrogen-bond acceptors (Lipinski definition) is 6. The van der Waals surface area contributed by atoms with Gasteiger partial charge in [-0.15, -0.1) is 0 Å². The lowest BCUT2D eigenvalue weighted by Gasteiger charge is -2.18. The average Bonchev–Trinajstić information content (AvgIpc) is 3.31. The molecule has 0 amide bonds. The van der Waals surface area contributed by atoms with Crippen molar-refractivity contribution in [3.05, 3.63) is 97.2 Å². The van der Waals surface area contributed by atoms with Gasteiger partial charge in [0.05, 0.1) is 0 Å². The van der Waals surface area contributed by atoms with Crippen molar-refractivity contribution in [2.24, 2.45) is 0 Å². The number of ether oxygens (including phenoxy) is 3. The van der Waals surface area contributed by atoms with E-state index in [1.165, 1.54) is 96.3 Å². The topological polar surface area (TPSA) is 78.9 Å². The lowest BCUT2D eigenvalue weighted by Crippen LogP contribution is -2.30. The van der Waals surface area contributed by atoms with Gasteiger partial charge in [0.1, 0.15) is 13.2 Å². The summed E-state index contributed by atoms with van der Waals surface area (Å²) in [5.41, 5.74) is 0. The zero-order valence-electron chi connectivity index (χ0n) is 42.9. The number of rotatable bonds is 48. The minimum Gasteiger partial charge on any atom is -0.462 e. The monoisotopic (exact) mass is 917 g/mol. The summed E-state index contributed by atoms with van der Waals surface area (Å²) in [6.45, 7) is 6.45. The van der Waals surface area contributed by atoms with Crippen molar-refractivity contribution in [3.8, 4) is 0 Å². The molecule has 6 heteroatoms. The van der Waals surface area contributed by atoms with Gasteiger partial charge in [0.15, 0.2) is 6.10 Å². The first-order chi connectivity index (χ1) is 32.5. The first kappa shape index (κ1) is 62.3. The van der Waals surface area contributed by atoms with Crippen LogP contribution in [0.5, 0.6) is 0 Å². The maximum atomic E-state index is 12.8. The molecule has 376 valence electrons. The molecule has 6 nitrogen and oxygen atoms in total. The summed E-state index contributed by atoms with van der Waals surface area (Å²) < 4.78 is 16.8. The van der Waals surface area contributed by atoms with Crippen LogP contribution < -0.4 is 0 Å². The predicted octanol–water partition coefficient (Wildman–Crippen LogP) is 18.1. The second-order valence-corrected chi connectivity index (χ2v) is 17.8. The standard InChI is InChI=1S/C60H100O6/c1-4-7-10-13-16-19-22-25-26-27-28-29-30-31-32-33-34-36-38-41-44-47-50-53-59(62)65-56-57(55-64-58(61)52-49-46-43-40-37-24-21-18-15-12-9-6-3)66-60(63)54-51-48-45-42-39-35-23-20-17-14-11-8-5-2/h7,10,16,19-20,23,25-26,28-29,31-32,34,36,41,44,57H,4-6,8-9,11-15,17-18,21-22,24,27,30,33,35,37-40,42-43,45-56H2,1-3H3/b10-7-,19-16-,23-20-,26-25-,29-28-,32-31-,36-34-,44-41-. The van der Waals surface area contributed by atoms with E-state index in [0.717, 1.165) is 103 Å². The highest BCUT2D eigenvalue weighted by Crippen LogP contribution is 2.14. The molecule has 0 N–H and O–H groups in total. The Morgan fingerprint density at radius 1 is 0.318 bits per heavy atom. The zero-order valence-corrected chi connectivity index (χ0v) is 42.9. The largest absolute Gasteiger partial charge is 0.462 e. The Morgan fingerprint density at radius 3 is 1.02 bits per heavy atom. The Morgan fingerprint density at radius 2 is 0.606 bits per heavy atom. The quantitative estimate of drug-likeness (QED) is 0.0262. The van der Waals surface area contributed by atoms with Gasteiger partial charge in [-0.25, -0.2) is 0 Å². The second-order valence-electron chi connectivity index (χ2n) is 17.8. The minimum absolute atomic E-state index is 0.0977. The van der Waals surface area contributed by atoms with Gasteiger partial charge in [-0.2, -0.15) is 0 Å². The highest BCUT2D eigenvalue weighted by Gasteiger charge is 2.19. The van der Waals surface area contributed by atoms with E-state index in [4.69, 9.17) is 14.2 Å². The number of unbranched alkanes of at least 4 members (excludes halogenated alkanes) is 21. The molecule has 0 fully saturated rings. The van der Waals surface area contributed by atoms with Crippen LogP contribution in [0.1, 0.15) is 245 Å². The van der Waals surface area contributed by atoms with Crippen LogP contribution in [0.15, 0.2) is 97.2 Å². The normalized spacial score (nSPS) is 12.8. The van der Waals surface area contributed by atoms with E-state index in [-0.39, 0.29) is 37.5 Å². The van der Waals surface area contributed by atoms with Crippen LogP contribution in [0.25, 0.3) is 0 Å². The summed E-state index contributed by atoms with van der Waals surface area (Å²) in [7, 11) is 0. The molecule has 0 aliphatic rings. The van der Waals surface area contributed by atoms with Gasteiger partial charge >= 0.3 is 17.9 Å². The lowest BCUT2D eigenvalue weighted by molar-refractivity contribution is -0.167. The number of esters is 3. The molecule has 0 bridgehead atoms. The maximum Gasteiger partial charge on any atom is 0.306 e. The van der Waals surface area contributed by atoms with E-state index < -0.39 is 6.10 Å². The third-order valence-electron chi connectivity index (χ3n) is 11.3. The molecule has 1 atom stereocenters. The predicted molar refractivity (Wildman–Crippen MR) is 284 cm³/mol. The van der Waals surface area contributed by atoms with Gasteiger partial charge in [0.25, 0.3) is 0 Å². The second kappa shape index (κ2) is 53.9. The summed E-state index contributed by atoms with van der Waals surface area (Å²) in [4.78, 5) is 38.0. The minimum atomic E-state index is -0.803. The van der Waals surface area contributed by atoms with Crippen LogP contribution in [-0.4, -0.2) is 37.2 Å². The molecular formula is C60H100O6. The fraction of sp³-hybridized carbons (Fsp3) is 0.683. The molecular weight excluding hydrogens is 817 g/mol. The molecule has 1 unspecified atom stereocenters. The molecule has 0 aromatic rings. The van der Waals surface area contributed by atoms with Crippen molar-refractivity contribution in [1.29, 1.82) is 0 Å². The fourth-order valence-electron chi connectivity index (χ4n) is 7.25. The Bertz CT molecular complexity index is 1330. The molecule has 0 saturated heterocycles. The van der Waals surface area contributed by atoms with Gasteiger partial charge in [0, 0.05) is 19.3 Å². The van der Waals surface area contributed by atoms with Gasteiger partial charge in [-0.1, -0.05) is 227 Å². The van der Waals surface area contributed by atoms with Crippen molar-refractivity contribution >= 4 is 17.9 Å². The average molecular weight is 917 g/mol. The number of carbonyl (C=O) groups is 3. The van der Waals surface area contributed by atoms with E-state index in [1.54, 1.807) is 0 Å². The Kier molecular flexibility index (Phi) is 50.9. The van der Waals surface area contributed by atoms with E-state index in [1.807, 2.05) is 0 Å². The van der Waals surface area contributed by atoms with Gasteiger partial charge < -0.3 is 14.2 Å². The summed E-state index contributed by atoms with van der Waals surface area (Å²) in [6, 6.07) is 0. The van der Waals surface area contributed by atoms with Crippen LogP contribution in [0, 0.1) is 0 Å². The van der Waals surface area contributed by atoms with Crippen LogP contribution in [-0.2, 0) is 28.6 Å². The molecule has 0 aliphatic carbocycles. The van der Waals surface area contributed by atoms with E-state index in [2.05, 4.69) is 118 Å². The third kappa shape index (κ3) is 51.3. The van der Waals surface area contributed by atoms with E-state index >= 15 is 0 Å². The molecule has 0 spiro atoms. The molecule has 0 aromatic heterocycles. The smallest absolute Gasteiger partial charge is 0.306 e. The number of hydrogen-bond donors (Lipinski definition) is 0. The first-order valence-corrected chi connectivity index (χ1v) is 27.2. The number of allylic oxidation sites excluding steroid dienone is 16. The summed E-state index contributed by atoms with van der Waals surface area (Å²) in [5, 5.41) is 0. The van der Waals surface area contributed by atoms with Crippen LogP contribution in [0.4, 0.5) is 0 Å². The van der Waals surface area contributed by atoms with Crippen molar-refractivity contribution in [1.82, 2.24) is 0 Å². The van der Waals surface area contributed by atoms with Crippen molar-refractivity contribution in [2.45, 2.75) is 252 Å². The maximum absolute atomic E-state index is 12.8. The van der Waals surface area contributed by atoms with Crippen LogP contribution >= 0.6 is 0 Å². The van der Waals surface area contributed by atoms with Crippen molar-refractivity contribution < 1.29 is 28.6 Å². The summed E-state index contributed by atoms with van der Waals surface area (Å²) in [5.74, 6) is -0.969. The van der Waals surface area contributed by atoms with Crippen molar-refractivity contribution in [3.63, 3.8) is 0 Å². The molecule has 66 heavy (non-hydrogen) atoms. The van der Waals surface area contributed by atoms with E-state index in [9.17, 15) is 14.4 Å². The first-order valence-electron chi connectivity index (χ1n) is 27.2. The van der Waals surface area contributed by atoms with Gasteiger partial charge in [0.2, 0.25) is 0 Å². The number of carbonyl (C=O) groups excluding carboxylic acids is 3. The Labute approximate surface area is 407 Å². The summed E-state index contributed by atoms with van der Waals surface area (Å²) in [6.07, 6.45) is 71.1. The highest BCUT2D eigenvalue weighted by molar-refractivity contribution is 5.71. The van der Waals surface area contributed by atoms with Crippen molar-refractivity contribution in [2.75, 3.05) is 13.2 Å². The molecule has 0 aliphatic heterocycles. The molecule has 0 saturated carbocycles. The third-order valence-corrected chi connectivity index (χ3v) is 11.3. The van der Waals surface area contributed by atoms with Crippen LogP contribution in [0.2, 0.25) is 0 Å². The Balaban J connectivity index is 4.45.